The zero-order valence-corrected chi connectivity index (χ0v) is 10.3. The van der Waals surface area contributed by atoms with Gasteiger partial charge in [-0.3, -0.25) is 4.98 Å². The van der Waals surface area contributed by atoms with Crippen LogP contribution in [-0.2, 0) is 16.0 Å². The third kappa shape index (κ3) is 4.61. The number of aliphatic hydroxyl groups excluding tert-OH is 1. The van der Waals surface area contributed by atoms with Crippen LogP contribution in [0.25, 0.3) is 0 Å². The van der Waals surface area contributed by atoms with E-state index < -0.39 is 27.7 Å². The van der Waals surface area contributed by atoms with Crippen LogP contribution in [0.2, 0.25) is 0 Å². The first-order valence-corrected chi connectivity index (χ1v) is 7.04. The molecule has 0 spiro atoms. The average molecular weight is 283 g/mol. The number of nitrogens with zero attached hydrogens (tertiary/aromatic N) is 1. The molecule has 0 amide bonds. The van der Waals surface area contributed by atoms with Crippen LogP contribution >= 0.6 is 0 Å². The summed E-state index contributed by atoms with van der Waals surface area (Å²) >= 11 is 0. The summed E-state index contributed by atoms with van der Waals surface area (Å²) in [5.74, 6) is -0.253. The molecular formula is C10H12F3NO3S. The van der Waals surface area contributed by atoms with Crippen molar-refractivity contribution in [3.8, 4) is 0 Å². The number of pyridine rings is 1. The molecule has 8 heteroatoms. The van der Waals surface area contributed by atoms with Gasteiger partial charge in [0.15, 0.2) is 0 Å². The van der Waals surface area contributed by atoms with Crippen LogP contribution in [0.4, 0.5) is 13.2 Å². The van der Waals surface area contributed by atoms with Gasteiger partial charge in [-0.25, -0.2) is 8.42 Å². The maximum Gasteiger partial charge on any atom is 0.417 e. The molecule has 1 heterocycles. The minimum absolute atomic E-state index is 0.0200. The average Bonchev–Trinajstić information content (AvgIpc) is 2.24. The number of hydrogen-bond acceptors (Lipinski definition) is 4. The minimum atomic E-state index is -4.48. The molecule has 1 aromatic heterocycles. The Balaban J connectivity index is 2.74. The van der Waals surface area contributed by atoms with Gasteiger partial charge in [0.2, 0.25) is 0 Å². The van der Waals surface area contributed by atoms with Crippen LogP contribution in [-0.4, -0.2) is 30.5 Å². The normalized spacial score (nSPS) is 14.5. The van der Waals surface area contributed by atoms with E-state index in [0.717, 1.165) is 18.4 Å². The van der Waals surface area contributed by atoms with Gasteiger partial charge in [0, 0.05) is 12.5 Å². The highest BCUT2D eigenvalue weighted by Crippen LogP contribution is 2.29. The SMILES string of the molecule is CS(=O)(=O)CCC(O)c1ccc(C(F)(F)F)cn1. The highest BCUT2D eigenvalue weighted by atomic mass is 32.2. The molecule has 0 aliphatic carbocycles. The Morgan fingerprint density at radius 1 is 1.39 bits per heavy atom. The van der Waals surface area contributed by atoms with Gasteiger partial charge in [0.05, 0.1) is 23.1 Å². The van der Waals surface area contributed by atoms with Gasteiger partial charge in [-0.1, -0.05) is 0 Å². The van der Waals surface area contributed by atoms with Crippen LogP contribution in [0.1, 0.15) is 23.8 Å². The van der Waals surface area contributed by atoms with Gasteiger partial charge >= 0.3 is 6.18 Å². The van der Waals surface area contributed by atoms with E-state index in [-0.39, 0.29) is 17.9 Å². The highest BCUT2D eigenvalue weighted by molar-refractivity contribution is 7.90. The molecule has 102 valence electrons. The lowest BCUT2D eigenvalue weighted by Crippen LogP contribution is -2.11. The summed E-state index contributed by atoms with van der Waals surface area (Å²) < 4.78 is 58.5. The van der Waals surface area contributed by atoms with Gasteiger partial charge in [0.1, 0.15) is 9.84 Å². The molecule has 0 fully saturated rings. The molecule has 1 aromatic rings. The second-order valence-corrected chi connectivity index (χ2v) is 6.16. The van der Waals surface area contributed by atoms with Crippen molar-refractivity contribution in [2.75, 3.05) is 12.0 Å². The fraction of sp³-hybridized carbons (Fsp3) is 0.500. The zero-order chi connectivity index (χ0) is 14.0. The number of alkyl halides is 3. The number of sulfone groups is 1. The largest absolute Gasteiger partial charge is 0.417 e. The van der Waals surface area contributed by atoms with Crippen molar-refractivity contribution in [2.45, 2.75) is 18.7 Å². The minimum Gasteiger partial charge on any atom is -0.387 e. The Hall–Kier alpha value is -1.15. The van der Waals surface area contributed by atoms with Crippen molar-refractivity contribution >= 4 is 9.84 Å². The van der Waals surface area contributed by atoms with Crippen molar-refractivity contribution in [3.63, 3.8) is 0 Å². The molecule has 0 aliphatic rings. The van der Waals surface area contributed by atoms with Crippen molar-refractivity contribution in [1.29, 1.82) is 0 Å². The third-order valence-electron chi connectivity index (χ3n) is 2.22. The zero-order valence-electron chi connectivity index (χ0n) is 9.48. The van der Waals surface area contributed by atoms with Gasteiger partial charge in [-0.05, 0) is 18.6 Å². The Bertz CT molecular complexity index is 496. The Kier molecular flexibility index (Phi) is 4.33. The second kappa shape index (κ2) is 5.23. The molecule has 1 N–H and O–H groups in total. The molecule has 1 atom stereocenters. The summed E-state index contributed by atoms with van der Waals surface area (Å²) in [6.07, 6.45) is -4.15. The molecule has 0 radical (unpaired) electrons. The number of aliphatic hydroxyl groups is 1. The van der Waals surface area contributed by atoms with E-state index in [4.69, 9.17) is 0 Å². The summed E-state index contributed by atoms with van der Waals surface area (Å²) in [4.78, 5) is 3.48. The molecule has 0 bridgehead atoms. The first-order valence-electron chi connectivity index (χ1n) is 4.98. The highest BCUT2D eigenvalue weighted by Gasteiger charge is 2.30. The molecule has 1 rings (SSSR count). The molecule has 1 unspecified atom stereocenters. The summed E-state index contributed by atoms with van der Waals surface area (Å²) in [6, 6.07) is 1.84. The van der Waals surface area contributed by atoms with Gasteiger partial charge in [-0.2, -0.15) is 13.2 Å². The lowest BCUT2D eigenvalue weighted by molar-refractivity contribution is -0.137. The van der Waals surface area contributed by atoms with Gasteiger partial charge < -0.3 is 5.11 Å². The predicted molar refractivity (Wildman–Crippen MR) is 58.5 cm³/mol. The monoisotopic (exact) mass is 283 g/mol. The maximum atomic E-state index is 12.2. The molecule has 4 nitrogen and oxygen atoms in total. The van der Waals surface area contributed by atoms with Crippen LogP contribution in [0.15, 0.2) is 18.3 Å². The Labute approximate surface area is 102 Å². The summed E-state index contributed by atoms with van der Waals surface area (Å²) in [5, 5.41) is 9.57. The predicted octanol–water partition coefficient (Wildman–Crippen LogP) is 1.57. The third-order valence-corrected chi connectivity index (χ3v) is 3.19. The molecule has 18 heavy (non-hydrogen) atoms. The van der Waals surface area contributed by atoms with Gasteiger partial charge in [0.25, 0.3) is 0 Å². The van der Waals surface area contributed by atoms with Gasteiger partial charge in [-0.15, -0.1) is 0 Å². The number of halogens is 3. The quantitative estimate of drug-likeness (QED) is 0.910. The van der Waals surface area contributed by atoms with Crippen LogP contribution in [0.5, 0.6) is 0 Å². The van der Waals surface area contributed by atoms with E-state index >= 15 is 0 Å². The van der Waals surface area contributed by atoms with E-state index in [2.05, 4.69) is 4.98 Å². The Morgan fingerprint density at radius 3 is 2.39 bits per heavy atom. The van der Waals surface area contributed by atoms with Crippen LogP contribution in [0.3, 0.4) is 0 Å². The maximum absolute atomic E-state index is 12.2. The standard InChI is InChI=1S/C10H12F3NO3S/c1-18(16,17)5-4-9(15)8-3-2-7(6-14-8)10(11,12)13/h2-3,6,9,15H,4-5H2,1H3. The lowest BCUT2D eigenvalue weighted by atomic mass is 10.1. The topological polar surface area (TPSA) is 67.3 Å². The lowest BCUT2D eigenvalue weighted by Gasteiger charge is -2.11. The van der Waals surface area contributed by atoms with Crippen molar-refractivity contribution < 1.29 is 26.7 Å². The van der Waals surface area contributed by atoms with E-state index in [1.54, 1.807) is 0 Å². The fourth-order valence-corrected chi connectivity index (χ4v) is 1.90. The van der Waals surface area contributed by atoms with Crippen molar-refractivity contribution in [3.05, 3.63) is 29.6 Å². The molecule has 0 aromatic carbocycles. The summed E-state index contributed by atoms with van der Waals surface area (Å²) in [5.41, 5.74) is -0.895. The van der Waals surface area contributed by atoms with Crippen LogP contribution < -0.4 is 0 Å². The van der Waals surface area contributed by atoms with Crippen LogP contribution in [0, 0.1) is 0 Å². The summed E-state index contributed by atoms with van der Waals surface area (Å²) in [6.45, 7) is 0. The smallest absolute Gasteiger partial charge is 0.387 e. The summed E-state index contributed by atoms with van der Waals surface area (Å²) in [7, 11) is -3.23. The van der Waals surface area contributed by atoms with E-state index in [9.17, 15) is 26.7 Å². The Morgan fingerprint density at radius 2 is 2.00 bits per heavy atom. The first-order chi connectivity index (χ1) is 8.09. The molecule has 0 saturated carbocycles. The van der Waals surface area contributed by atoms with E-state index in [1.807, 2.05) is 0 Å². The number of hydrogen-bond donors (Lipinski definition) is 1. The first kappa shape index (κ1) is 14.9. The number of aromatic nitrogens is 1. The van der Waals surface area contributed by atoms with E-state index in [1.165, 1.54) is 0 Å². The van der Waals surface area contributed by atoms with E-state index in [0.29, 0.717) is 6.20 Å². The second-order valence-electron chi connectivity index (χ2n) is 3.90. The fourth-order valence-electron chi connectivity index (χ4n) is 1.24. The van der Waals surface area contributed by atoms with Crippen molar-refractivity contribution in [1.82, 2.24) is 4.98 Å². The molecule has 0 saturated heterocycles. The van der Waals surface area contributed by atoms with Crippen molar-refractivity contribution in [2.24, 2.45) is 0 Å². The molecule has 0 aliphatic heterocycles. The number of rotatable bonds is 4. The molecular weight excluding hydrogens is 271 g/mol.